The molecule has 0 aliphatic carbocycles. The molecule has 0 saturated heterocycles. The molecule has 0 unspecified atom stereocenters. The van der Waals surface area contributed by atoms with Crippen molar-refractivity contribution in [2.75, 3.05) is 5.32 Å². The lowest BCUT2D eigenvalue weighted by atomic mass is 10.1. The van der Waals surface area contributed by atoms with Gasteiger partial charge in [0.15, 0.2) is 0 Å². The van der Waals surface area contributed by atoms with E-state index >= 15 is 0 Å². The van der Waals surface area contributed by atoms with Gasteiger partial charge in [0.05, 0.1) is 21.9 Å². The number of fused-ring (bicyclic) bond motifs is 1. The Morgan fingerprint density at radius 3 is 2.59 bits per heavy atom. The van der Waals surface area contributed by atoms with Crippen molar-refractivity contribution in [3.8, 4) is 5.69 Å². The molecule has 29 heavy (non-hydrogen) atoms. The van der Waals surface area contributed by atoms with E-state index in [4.69, 9.17) is 0 Å². The number of para-hydroxylation sites is 2. The summed E-state index contributed by atoms with van der Waals surface area (Å²) in [5, 5.41) is 8.60. The molecule has 4 aromatic rings. The normalized spacial score (nSPS) is 11.2. The number of anilines is 1. The van der Waals surface area contributed by atoms with Gasteiger partial charge in [-0.05, 0) is 51.5 Å². The van der Waals surface area contributed by atoms with Crippen molar-refractivity contribution in [1.29, 1.82) is 0 Å². The van der Waals surface area contributed by atoms with E-state index < -0.39 is 0 Å². The maximum Gasteiger partial charge on any atom is 0.266 e. The molecule has 3 aromatic heterocycles. The number of aromatic nitrogens is 4. The van der Waals surface area contributed by atoms with Gasteiger partial charge in [0.1, 0.15) is 10.7 Å². The number of nitrogens with one attached hydrogen (secondary N) is 1. The Balaban J connectivity index is 1.74. The molecule has 0 radical (unpaired) electrons. The summed E-state index contributed by atoms with van der Waals surface area (Å²) in [6.45, 7) is 9.93. The molecule has 0 atom stereocenters. The zero-order chi connectivity index (χ0) is 20.7. The Morgan fingerprint density at radius 2 is 1.90 bits per heavy atom. The highest BCUT2D eigenvalue weighted by Crippen LogP contribution is 2.32. The van der Waals surface area contributed by atoms with E-state index in [1.807, 2.05) is 69.6 Å². The van der Waals surface area contributed by atoms with Gasteiger partial charge in [-0.1, -0.05) is 19.1 Å². The van der Waals surface area contributed by atoms with Crippen LogP contribution >= 0.6 is 11.3 Å². The van der Waals surface area contributed by atoms with E-state index in [9.17, 15) is 4.79 Å². The highest BCUT2D eigenvalue weighted by molar-refractivity contribution is 7.20. The number of aryl methyl sites for hydroxylation is 5. The van der Waals surface area contributed by atoms with E-state index in [0.29, 0.717) is 4.88 Å². The van der Waals surface area contributed by atoms with Crippen molar-refractivity contribution < 1.29 is 4.79 Å². The van der Waals surface area contributed by atoms with Gasteiger partial charge in [-0.3, -0.25) is 4.79 Å². The highest BCUT2D eigenvalue weighted by atomic mass is 32.1. The SMILES string of the molecule is CCc1nc(C)c2c(C)c(C(=O)Nc3ccccc3-n3nc(C)cc3C)sc2n1. The van der Waals surface area contributed by atoms with Crippen molar-refractivity contribution in [2.45, 2.75) is 41.0 Å². The number of benzene rings is 1. The summed E-state index contributed by atoms with van der Waals surface area (Å²) in [5.41, 5.74) is 5.35. The van der Waals surface area contributed by atoms with Crippen LogP contribution in [0.3, 0.4) is 0 Å². The van der Waals surface area contributed by atoms with Crippen LogP contribution < -0.4 is 5.32 Å². The first-order valence-corrected chi connectivity index (χ1v) is 10.4. The summed E-state index contributed by atoms with van der Waals surface area (Å²) in [4.78, 5) is 23.9. The fraction of sp³-hybridized carbons (Fsp3) is 0.273. The van der Waals surface area contributed by atoms with Crippen LogP contribution in [0, 0.1) is 27.7 Å². The largest absolute Gasteiger partial charge is 0.319 e. The summed E-state index contributed by atoms with van der Waals surface area (Å²) >= 11 is 1.42. The Bertz CT molecular complexity index is 1240. The molecule has 4 rings (SSSR count). The summed E-state index contributed by atoms with van der Waals surface area (Å²) in [7, 11) is 0. The third-order valence-corrected chi connectivity index (χ3v) is 6.11. The molecule has 0 aliphatic heterocycles. The third kappa shape index (κ3) is 3.42. The monoisotopic (exact) mass is 405 g/mol. The average Bonchev–Trinajstić information content (AvgIpc) is 3.21. The first-order chi connectivity index (χ1) is 13.9. The van der Waals surface area contributed by atoms with Crippen molar-refractivity contribution in [3.05, 3.63) is 63.7 Å². The smallest absolute Gasteiger partial charge is 0.266 e. The van der Waals surface area contributed by atoms with Crippen LogP contribution in [-0.2, 0) is 6.42 Å². The zero-order valence-corrected chi connectivity index (χ0v) is 18.0. The van der Waals surface area contributed by atoms with Crippen LogP contribution in [0.15, 0.2) is 30.3 Å². The van der Waals surface area contributed by atoms with E-state index in [1.165, 1.54) is 11.3 Å². The second-order valence-corrected chi connectivity index (χ2v) is 8.12. The minimum atomic E-state index is -0.142. The van der Waals surface area contributed by atoms with Crippen LogP contribution in [0.5, 0.6) is 0 Å². The van der Waals surface area contributed by atoms with E-state index in [2.05, 4.69) is 20.4 Å². The van der Waals surface area contributed by atoms with Crippen molar-refractivity contribution >= 4 is 33.1 Å². The maximum atomic E-state index is 13.2. The number of thiophene rings is 1. The first kappa shape index (κ1) is 19.3. The van der Waals surface area contributed by atoms with Crippen LogP contribution in [-0.4, -0.2) is 25.7 Å². The molecular formula is C22H23N5OS. The molecule has 0 fully saturated rings. The predicted molar refractivity (Wildman–Crippen MR) is 117 cm³/mol. The quantitative estimate of drug-likeness (QED) is 0.523. The molecule has 0 saturated carbocycles. The zero-order valence-electron chi connectivity index (χ0n) is 17.2. The van der Waals surface area contributed by atoms with Gasteiger partial charge in [0, 0.05) is 23.2 Å². The van der Waals surface area contributed by atoms with E-state index in [0.717, 1.165) is 56.5 Å². The molecule has 0 aliphatic rings. The van der Waals surface area contributed by atoms with Gasteiger partial charge < -0.3 is 5.32 Å². The lowest BCUT2D eigenvalue weighted by molar-refractivity contribution is 0.103. The number of carbonyl (C=O) groups is 1. The minimum absolute atomic E-state index is 0.142. The second-order valence-electron chi connectivity index (χ2n) is 7.13. The molecule has 1 amide bonds. The average molecular weight is 406 g/mol. The van der Waals surface area contributed by atoms with Crippen molar-refractivity contribution in [2.24, 2.45) is 0 Å². The number of carbonyl (C=O) groups excluding carboxylic acids is 1. The number of hydrogen-bond donors (Lipinski definition) is 1. The Morgan fingerprint density at radius 1 is 1.14 bits per heavy atom. The van der Waals surface area contributed by atoms with Gasteiger partial charge in [0.2, 0.25) is 0 Å². The number of nitrogens with zero attached hydrogens (tertiary/aromatic N) is 4. The molecule has 1 aromatic carbocycles. The Labute approximate surface area is 173 Å². The van der Waals surface area contributed by atoms with Crippen LogP contribution in [0.1, 0.15) is 45.1 Å². The number of rotatable bonds is 4. The minimum Gasteiger partial charge on any atom is -0.319 e. The summed E-state index contributed by atoms with van der Waals surface area (Å²) < 4.78 is 1.85. The predicted octanol–water partition coefficient (Wildman–Crippen LogP) is 4.93. The van der Waals surface area contributed by atoms with Crippen LogP contribution in [0.2, 0.25) is 0 Å². The van der Waals surface area contributed by atoms with Gasteiger partial charge in [-0.25, -0.2) is 14.6 Å². The molecule has 148 valence electrons. The standard InChI is InChI=1S/C22H23N5OS/c1-6-18-23-15(5)19-14(4)20(29-22(19)25-18)21(28)24-16-9-7-8-10-17(16)27-13(3)11-12(2)26-27/h7-11H,6H2,1-5H3,(H,24,28). The summed E-state index contributed by atoms with van der Waals surface area (Å²) in [6.07, 6.45) is 0.769. The molecule has 6 nitrogen and oxygen atoms in total. The van der Waals surface area contributed by atoms with Crippen LogP contribution in [0.25, 0.3) is 15.9 Å². The molecular weight excluding hydrogens is 382 g/mol. The lowest BCUT2D eigenvalue weighted by Crippen LogP contribution is -2.14. The summed E-state index contributed by atoms with van der Waals surface area (Å²) in [5.74, 6) is 0.662. The highest BCUT2D eigenvalue weighted by Gasteiger charge is 2.20. The summed E-state index contributed by atoms with van der Waals surface area (Å²) in [6, 6.07) is 9.72. The van der Waals surface area contributed by atoms with Crippen LogP contribution in [0.4, 0.5) is 5.69 Å². The Hall–Kier alpha value is -3.06. The van der Waals surface area contributed by atoms with Gasteiger partial charge in [-0.15, -0.1) is 11.3 Å². The Kier molecular flexibility index (Phi) is 4.92. The maximum absolute atomic E-state index is 13.2. The topological polar surface area (TPSA) is 72.7 Å². The fourth-order valence-electron chi connectivity index (χ4n) is 3.59. The number of hydrogen-bond acceptors (Lipinski definition) is 5. The molecule has 7 heteroatoms. The van der Waals surface area contributed by atoms with Gasteiger partial charge in [0.25, 0.3) is 5.91 Å². The van der Waals surface area contributed by atoms with Gasteiger partial charge >= 0.3 is 0 Å². The molecule has 0 bridgehead atoms. The second kappa shape index (κ2) is 7.40. The first-order valence-electron chi connectivity index (χ1n) is 9.59. The van der Waals surface area contributed by atoms with E-state index in [1.54, 1.807) is 0 Å². The van der Waals surface area contributed by atoms with Crippen molar-refractivity contribution in [1.82, 2.24) is 19.7 Å². The van der Waals surface area contributed by atoms with E-state index in [-0.39, 0.29) is 5.91 Å². The molecule has 3 heterocycles. The van der Waals surface area contributed by atoms with Gasteiger partial charge in [-0.2, -0.15) is 5.10 Å². The third-order valence-electron chi connectivity index (χ3n) is 4.93. The van der Waals surface area contributed by atoms with Crippen molar-refractivity contribution in [3.63, 3.8) is 0 Å². The molecule has 0 spiro atoms. The molecule has 1 N–H and O–H groups in total. The number of amides is 1. The lowest BCUT2D eigenvalue weighted by Gasteiger charge is -2.12. The fourth-order valence-corrected chi connectivity index (χ4v) is 4.73.